The van der Waals surface area contributed by atoms with E-state index in [9.17, 15) is 9.59 Å². The molecule has 0 bridgehead atoms. The van der Waals surface area contributed by atoms with Crippen LogP contribution in [-0.2, 0) is 19.1 Å². The SMILES string of the molecule is CC1(C)OCC(C=O)(CC(N)=O)CO1. The highest BCUT2D eigenvalue weighted by atomic mass is 16.7. The van der Waals surface area contributed by atoms with Crippen molar-refractivity contribution >= 4 is 12.2 Å². The van der Waals surface area contributed by atoms with Gasteiger partial charge in [0.15, 0.2) is 5.79 Å². The van der Waals surface area contributed by atoms with Gasteiger partial charge in [-0.1, -0.05) is 0 Å². The van der Waals surface area contributed by atoms with E-state index >= 15 is 0 Å². The summed E-state index contributed by atoms with van der Waals surface area (Å²) >= 11 is 0. The average Bonchev–Trinajstić information content (AvgIpc) is 2.09. The fourth-order valence-corrected chi connectivity index (χ4v) is 1.28. The van der Waals surface area contributed by atoms with E-state index in [2.05, 4.69) is 0 Å². The lowest BCUT2D eigenvalue weighted by molar-refractivity contribution is -0.277. The number of ether oxygens (including phenoxy) is 2. The molecule has 0 aromatic carbocycles. The topological polar surface area (TPSA) is 78.6 Å². The summed E-state index contributed by atoms with van der Waals surface area (Å²) in [6.07, 6.45) is 0.652. The Morgan fingerprint density at radius 1 is 1.43 bits per heavy atom. The smallest absolute Gasteiger partial charge is 0.218 e. The first-order valence-corrected chi connectivity index (χ1v) is 4.42. The van der Waals surface area contributed by atoms with Gasteiger partial charge in [-0.25, -0.2) is 0 Å². The molecule has 0 aromatic rings. The minimum absolute atomic E-state index is 0.0351. The molecule has 1 amide bonds. The molecule has 14 heavy (non-hydrogen) atoms. The number of carbonyl (C=O) groups is 2. The molecule has 1 heterocycles. The summed E-state index contributed by atoms with van der Waals surface area (Å²) in [6, 6.07) is 0. The quantitative estimate of drug-likeness (QED) is 0.643. The number of rotatable bonds is 3. The second-order valence-corrected chi connectivity index (χ2v) is 4.10. The standard InChI is InChI=1S/C9H15NO4/c1-8(2)13-5-9(4-11,6-14-8)3-7(10)12/h4H,3,5-6H2,1-2H3,(H2,10,12). The van der Waals surface area contributed by atoms with E-state index in [1.807, 2.05) is 0 Å². The van der Waals surface area contributed by atoms with E-state index in [0.717, 1.165) is 0 Å². The molecule has 0 saturated carbocycles. The average molecular weight is 201 g/mol. The lowest BCUT2D eigenvalue weighted by Gasteiger charge is -2.39. The number of hydrogen-bond acceptors (Lipinski definition) is 4. The van der Waals surface area contributed by atoms with Gasteiger partial charge in [-0.05, 0) is 13.8 Å². The summed E-state index contributed by atoms with van der Waals surface area (Å²) in [5, 5.41) is 0. The molecular weight excluding hydrogens is 186 g/mol. The Labute approximate surface area is 82.5 Å². The Kier molecular flexibility index (Phi) is 2.92. The van der Waals surface area contributed by atoms with E-state index in [-0.39, 0.29) is 19.6 Å². The first-order valence-electron chi connectivity index (χ1n) is 4.42. The predicted octanol–water partition coefficient (Wildman–Crippen LogP) is -0.170. The van der Waals surface area contributed by atoms with Crippen LogP contribution in [0.15, 0.2) is 0 Å². The maximum atomic E-state index is 10.9. The van der Waals surface area contributed by atoms with Crippen molar-refractivity contribution in [3.05, 3.63) is 0 Å². The summed E-state index contributed by atoms with van der Waals surface area (Å²) in [4.78, 5) is 21.6. The third-order valence-corrected chi connectivity index (χ3v) is 2.19. The molecule has 2 N–H and O–H groups in total. The molecule has 5 nitrogen and oxygen atoms in total. The van der Waals surface area contributed by atoms with Gasteiger partial charge in [-0.2, -0.15) is 0 Å². The van der Waals surface area contributed by atoms with Gasteiger partial charge in [0, 0.05) is 6.42 Å². The molecule has 1 fully saturated rings. The number of nitrogens with two attached hydrogens (primary N) is 1. The van der Waals surface area contributed by atoms with Crippen molar-refractivity contribution in [2.45, 2.75) is 26.1 Å². The van der Waals surface area contributed by atoms with Crippen molar-refractivity contribution < 1.29 is 19.1 Å². The van der Waals surface area contributed by atoms with Gasteiger partial charge < -0.3 is 20.0 Å². The third-order valence-electron chi connectivity index (χ3n) is 2.19. The number of hydrogen-bond donors (Lipinski definition) is 1. The van der Waals surface area contributed by atoms with Crippen LogP contribution < -0.4 is 5.73 Å². The maximum absolute atomic E-state index is 10.9. The lowest BCUT2D eigenvalue weighted by Crippen LogP contribution is -2.49. The fraction of sp³-hybridized carbons (Fsp3) is 0.778. The van der Waals surface area contributed by atoms with Crippen molar-refractivity contribution in [3.8, 4) is 0 Å². The first kappa shape index (κ1) is 11.1. The highest BCUT2D eigenvalue weighted by Crippen LogP contribution is 2.30. The largest absolute Gasteiger partial charge is 0.370 e. The molecule has 0 atom stereocenters. The highest BCUT2D eigenvalue weighted by Gasteiger charge is 2.41. The van der Waals surface area contributed by atoms with Crippen molar-refractivity contribution in [3.63, 3.8) is 0 Å². The molecular formula is C9H15NO4. The lowest BCUT2D eigenvalue weighted by atomic mass is 9.86. The molecule has 1 aliphatic heterocycles. The number of carbonyl (C=O) groups excluding carboxylic acids is 2. The molecule has 5 heteroatoms. The Morgan fingerprint density at radius 3 is 2.29 bits per heavy atom. The van der Waals surface area contributed by atoms with Gasteiger partial charge in [0.05, 0.1) is 18.6 Å². The van der Waals surface area contributed by atoms with Crippen LogP contribution >= 0.6 is 0 Å². The van der Waals surface area contributed by atoms with Gasteiger partial charge >= 0.3 is 0 Å². The van der Waals surface area contributed by atoms with Gasteiger partial charge in [0.1, 0.15) is 6.29 Å². The Balaban J connectivity index is 2.66. The van der Waals surface area contributed by atoms with Crippen molar-refractivity contribution in [2.75, 3.05) is 13.2 Å². The predicted molar refractivity (Wildman–Crippen MR) is 48.3 cm³/mol. The summed E-state index contributed by atoms with van der Waals surface area (Å²) in [7, 11) is 0. The van der Waals surface area contributed by atoms with Crippen LogP contribution in [0.25, 0.3) is 0 Å². The molecule has 0 aliphatic carbocycles. The molecule has 0 spiro atoms. The fourth-order valence-electron chi connectivity index (χ4n) is 1.28. The number of aldehydes is 1. The summed E-state index contributed by atoms with van der Waals surface area (Å²) in [6.45, 7) is 3.86. The van der Waals surface area contributed by atoms with Crippen molar-refractivity contribution in [1.82, 2.24) is 0 Å². The number of primary amides is 1. The molecule has 1 saturated heterocycles. The van der Waals surface area contributed by atoms with E-state index in [4.69, 9.17) is 15.2 Å². The van der Waals surface area contributed by atoms with Gasteiger partial charge in [-0.3, -0.25) is 4.79 Å². The van der Waals surface area contributed by atoms with Crippen LogP contribution in [-0.4, -0.2) is 31.2 Å². The minimum Gasteiger partial charge on any atom is -0.370 e. The third kappa shape index (κ3) is 2.52. The van der Waals surface area contributed by atoms with Crippen molar-refractivity contribution in [1.29, 1.82) is 0 Å². The first-order chi connectivity index (χ1) is 6.39. The summed E-state index contributed by atoms with van der Waals surface area (Å²) in [5.74, 6) is -1.21. The van der Waals surface area contributed by atoms with Gasteiger partial charge in [0.2, 0.25) is 5.91 Å². The van der Waals surface area contributed by atoms with Crippen LogP contribution in [0.3, 0.4) is 0 Å². The Hall–Kier alpha value is -0.940. The summed E-state index contributed by atoms with van der Waals surface area (Å²) in [5.41, 5.74) is 4.14. The van der Waals surface area contributed by atoms with E-state index in [0.29, 0.717) is 6.29 Å². The van der Waals surface area contributed by atoms with E-state index < -0.39 is 17.1 Å². The molecule has 0 radical (unpaired) electrons. The second-order valence-electron chi connectivity index (χ2n) is 4.10. The Morgan fingerprint density at radius 2 is 1.93 bits per heavy atom. The normalized spacial score (nSPS) is 24.1. The van der Waals surface area contributed by atoms with Crippen LogP contribution in [0.1, 0.15) is 20.3 Å². The van der Waals surface area contributed by atoms with Crippen LogP contribution in [0, 0.1) is 5.41 Å². The Bertz CT molecular complexity index is 239. The number of amides is 1. The molecule has 1 aliphatic rings. The zero-order valence-corrected chi connectivity index (χ0v) is 8.41. The maximum Gasteiger partial charge on any atom is 0.218 e. The van der Waals surface area contributed by atoms with Crippen LogP contribution in [0.2, 0.25) is 0 Å². The van der Waals surface area contributed by atoms with Gasteiger partial charge in [0.25, 0.3) is 0 Å². The summed E-state index contributed by atoms with van der Waals surface area (Å²) < 4.78 is 10.6. The minimum atomic E-state index is -0.901. The molecule has 80 valence electrons. The molecule has 1 rings (SSSR count). The highest BCUT2D eigenvalue weighted by molar-refractivity contribution is 5.79. The molecule has 0 aromatic heterocycles. The zero-order valence-electron chi connectivity index (χ0n) is 8.41. The molecule has 0 unspecified atom stereocenters. The zero-order chi connectivity index (χ0) is 10.8. The van der Waals surface area contributed by atoms with E-state index in [1.165, 1.54) is 0 Å². The van der Waals surface area contributed by atoms with Crippen LogP contribution in [0.4, 0.5) is 0 Å². The van der Waals surface area contributed by atoms with Crippen LogP contribution in [0.5, 0.6) is 0 Å². The second kappa shape index (κ2) is 3.67. The monoisotopic (exact) mass is 201 g/mol. The van der Waals surface area contributed by atoms with Crippen molar-refractivity contribution in [2.24, 2.45) is 11.1 Å². The van der Waals surface area contributed by atoms with E-state index in [1.54, 1.807) is 13.8 Å². The van der Waals surface area contributed by atoms with Gasteiger partial charge in [-0.15, -0.1) is 0 Å².